The number of hydrogen-bond acceptors (Lipinski definition) is 5. The molecular weight excluding hydrogens is 278 g/mol. The van der Waals surface area contributed by atoms with Crippen LogP contribution in [0.3, 0.4) is 0 Å². The maximum atomic E-state index is 12.1. The number of rotatable bonds is 5. The summed E-state index contributed by atoms with van der Waals surface area (Å²) < 4.78 is 0. The van der Waals surface area contributed by atoms with E-state index in [9.17, 15) is 4.79 Å². The second kappa shape index (κ2) is 6.07. The third-order valence-corrected chi connectivity index (χ3v) is 5.15. The van der Waals surface area contributed by atoms with Crippen LogP contribution in [0, 0.1) is 13.8 Å². The predicted octanol–water partition coefficient (Wildman–Crippen LogP) is 2.57. The van der Waals surface area contributed by atoms with E-state index in [-0.39, 0.29) is 11.6 Å². The Morgan fingerprint density at radius 3 is 2.89 bits per heavy atom. The van der Waals surface area contributed by atoms with E-state index in [1.165, 1.54) is 0 Å². The van der Waals surface area contributed by atoms with E-state index in [1.54, 1.807) is 23.1 Å². The summed E-state index contributed by atoms with van der Waals surface area (Å²) in [5.41, 5.74) is 6.73. The molecule has 3 N–H and O–H groups in total. The third kappa shape index (κ3) is 3.38. The lowest BCUT2D eigenvalue weighted by atomic mass is 10.2. The Kier molecular flexibility index (Phi) is 4.65. The number of aromatic amines is 1. The van der Waals surface area contributed by atoms with Crippen molar-refractivity contribution in [1.29, 1.82) is 0 Å². The molecule has 0 aromatic carbocycles. The summed E-state index contributed by atoms with van der Waals surface area (Å²) in [4.78, 5) is 21.5. The Morgan fingerprint density at radius 1 is 1.47 bits per heavy atom. The summed E-state index contributed by atoms with van der Waals surface area (Å²) in [7, 11) is 0. The Bertz CT molecular complexity index is 631. The smallest absolute Gasteiger partial charge is 0.259 e. The van der Waals surface area contributed by atoms with Crippen LogP contribution >= 0.6 is 23.1 Å². The molecule has 0 saturated carbocycles. The highest BCUT2D eigenvalue weighted by Gasteiger charge is 2.11. The molecule has 0 aliphatic carbocycles. The average Bonchev–Trinajstić information content (AvgIpc) is 2.61. The van der Waals surface area contributed by atoms with Crippen molar-refractivity contribution in [2.24, 2.45) is 5.73 Å². The molecule has 104 valence electrons. The van der Waals surface area contributed by atoms with Gasteiger partial charge in [0.05, 0.1) is 11.1 Å². The molecule has 2 aromatic heterocycles. The second-order valence-corrected chi connectivity index (χ2v) is 7.10. The minimum atomic E-state index is -0.0188. The predicted molar refractivity (Wildman–Crippen MR) is 84.1 cm³/mol. The number of nitrogens with two attached hydrogens (primary N) is 1. The second-order valence-electron chi connectivity index (χ2n) is 4.79. The van der Waals surface area contributed by atoms with Gasteiger partial charge in [-0.15, -0.1) is 11.3 Å². The number of thiophene rings is 1. The molecular formula is C13H19N3OS2. The molecule has 0 radical (unpaired) electrons. The van der Waals surface area contributed by atoms with Crippen molar-refractivity contribution in [2.45, 2.75) is 39.0 Å². The highest BCUT2D eigenvalue weighted by molar-refractivity contribution is 7.98. The summed E-state index contributed by atoms with van der Waals surface area (Å²) in [6.45, 7) is 6.00. The van der Waals surface area contributed by atoms with Crippen molar-refractivity contribution in [2.75, 3.05) is 5.75 Å². The molecule has 2 aromatic rings. The molecule has 0 bridgehead atoms. The van der Waals surface area contributed by atoms with Gasteiger partial charge in [0.1, 0.15) is 10.7 Å². The topological polar surface area (TPSA) is 71.8 Å². The number of H-pyrrole nitrogens is 1. The SMILES string of the molecule is Cc1sc2nc(CSCCC(C)N)[nH]c(=O)c2c1C. The van der Waals surface area contributed by atoms with E-state index < -0.39 is 0 Å². The number of nitrogens with one attached hydrogen (secondary N) is 1. The van der Waals surface area contributed by atoms with E-state index >= 15 is 0 Å². The lowest BCUT2D eigenvalue weighted by molar-refractivity contribution is 0.721. The van der Waals surface area contributed by atoms with E-state index in [1.807, 2.05) is 20.8 Å². The monoisotopic (exact) mass is 297 g/mol. The largest absolute Gasteiger partial charge is 0.328 e. The van der Waals surface area contributed by atoms with Gasteiger partial charge in [0.25, 0.3) is 5.56 Å². The van der Waals surface area contributed by atoms with E-state index in [2.05, 4.69) is 9.97 Å². The normalized spacial score (nSPS) is 13.1. The van der Waals surface area contributed by atoms with Crippen LogP contribution in [0.2, 0.25) is 0 Å². The molecule has 0 amide bonds. The van der Waals surface area contributed by atoms with Crippen LogP contribution in [0.15, 0.2) is 4.79 Å². The number of aromatic nitrogens is 2. The lowest BCUT2D eigenvalue weighted by Crippen LogP contribution is -2.15. The van der Waals surface area contributed by atoms with Crippen LogP contribution < -0.4 is 11.3 Å². The Hall–Kier alpha value is -0.850. The Morgan fingerprint density at radius 2 is 2.21 bits per heavy atom. The quantitative estimate of drug-likeness (QED) is 0.832. The summed E-state index contributed by atoms with van der Waals surface area (Å²) in [5, 5.41) is 0.742. The zero-order valence-corrected chi connectivity index (χ0v) is 13.1. The van der Waals surface area contributed by atoms with Gasteiger partial charge in [-0.05, 0) is 38.5 Å². The molecule has 0 fully saturated rings. The minimum Gasteiger partial charge on any atom is -0.328 e. The number of aryl methyl sites for hydroxylation is 2. The average molecular weight is 297 g/mol. The molecule has 2 heterocycles. The summed E-state index contributed by atoms with van der Waals surface area (Å²) >= 11 is 3.35. The first-order valence-electron chi connectivity index (χ1n) is 6.31. The van der Waals surface area contributed by atoms with Gasteiger partial charge in [0, 0.05) is 10.9 Å². The first kappa shape index (κ1) is 14.6. The molecule has 0 spiro atoms. The van der Waals surface area contributed by atoms with Crippen LogP contribution in [0.4, 0.5) is 0 Å². The lowest BCUT2D eigenvalue weighted by Gasteiger charge is -2.04. The van der Waals surface area contributed by atoms with Crippen molar-refractivity contribution in [3.63, 3.8) is 0 Å². The molecule has 1 atom stereocenters. The van der Waals surface area contributed by atoms with Crippen LogP contribution in [-0.4, -0.2) is 21.8 Å². The van der Waals surface area contributed by atoms with Gasteiger partial charge in [0.15, 0.2) is 0 Å². The highest BCUT2D eigenvalue weighted by Crippen LogP contribution is 2.26. The molecule has 2 rings (SSSR count). The van der Waals surface area contributed by atoms with Gasteiger partial charge in [-0.1, -0.05) is 0 Å². The van der Waals surface area contributed by atoms with Crippen molar-refractivity contribution < 1.29 is 0 Å². The van der Waals surface area contributed by atoms with Gasteiger partial charge < -0.3 is 10.7 Å². The molecule has 0 saturated heterocycles. The van der Waals surface area contributed by atoms with Crippen LogP contribution in [0.1, 0.15) is 29.6 Å². The van der Waals surface area contributed by atoms with Crippen LogP contribution in [0.25, 0.3) is 10.2 Å². The minimum absolute atomic E-state index is 0.0188. The van der Waals surface area contributed by atoms with Crippen molar-refractivity contribution >= 4 is 33.3 Å². The number of thioether (sulfide) groups is 1. The molecule has 0 aliphatic heterocycles. The summed E-state index contributed by atoms with van der Waals surface area (Å²) in [6, 6.07) is 0.226. The van der Waals surface area contributed by atoms with Crippen molar-refractivity contribution in [1.82, 2.24) is 9.97 Å². The zero-order chi connectivity index (χ0) is 14.0. The third-order valence-electron chi connectivity index (χ3n) is 3.04. The molecule has 0 aliphatic rings. The van der Waals surface area contributed by atoms with E-state index in [4.69, 9.17) is 5.73 Å². The zero-order valence-electron chi connectivity index (χ0n) is 11.4. The molecule has 19 heavy (non-hydrogen) atoms. The van der Waals surface area contributed by atoms with Gasteiger partial charge in [-0.2, -0.15) is 11.8 Å². The van der Waals surface area contributed by atoms with Gasteiger partial charge in [0.2, 0.25) is 0 Å². The van der Waals surface area contributed by atoms with Crippen LogP contribution in [0.5, 0.6) is 0 Å². The number of hydrogen-bond donors (Lipinski definition) is 2. The fraction of sp³-hybridized carbons (Fsp3) is 0.538. The summed E-state index contributed by atoms with van der Waals surface area (Å²) in [6.07, 6.45) is 0.981. The van der Waals surface area contributed by atoms with Gasteiger partial charge >= 0.3 is 0 Å². The number of nitrogens with zero attached hydrogens (tertiary/aromatic N) is 1. The fourth-order valence-electron chi connectivity index (χ4n) is 1.81. The fourth-order valence-corrected chi connectivity index (χ4v) is 3.87. The van der Waals surface area contributed by atoms with Crippen LogP contribution in [-0.2, 0) is 5.75 Å². The Labute approximate surface area is 120 Å². The molecule has 6 heteroatoms. The molecule has 1 unspecified atom stereocenters. The van der Waals surface area contributed by atoms with Gasteiger partial charge in [-0.3, -0.25) is 4.79 Å². The van der Waals surface area contributed by atoms with Gasteiger partial charge in [-0.25, -0.2) is 4.98 Å². The van der Waals surface area contributed by atoms with E-state index in [0.717, 1.165) is 44.4 Å². The maximum absolute atomic E-state index is 12.1. The number of fused-ring (bicyclic) bond motifs is 1. The molecule has 4 nitrogen and oxygen atoms in total. The Balaban J connectivity index is 2.15. The standard InChI is InChI=1S/C13H19N3OS2/c1-7(14)4-5-18-6-10-15-12(17)11-8(2)9(3)19-13(11)16-10/h7H,4-6,14H2,1-3H3,(H,15,16,17). The van der Waals surface area contributed by atoms with E-state index in [0.29, 0.717) is 0 Å². The highest BCUT2D eigenvalue weighted by atomic mass is 32.2. The van der Waals surface area contributed by atoms with Crippen molar-refractivity contribution in [3.05, 3.63) is 26.6 Å². The first-order valence-corrected chi connectivity index (χ1v) is 8.28. The first-order chi connectivity index (χ1) is 8.99. The van der Waals surface area contributed by atoms with Crippen molar-refractivity contribution in [3.8, 4) is 0 Å². The maximum Gasteiger partial charge on any atom is 0.259 e. The summed E-state index contributed by atoms with van der Waals surface area (Å²) in [5.74, 6) is 2.48.